The number of hydrogen-bond donors (Lipinski definition) is 1. The van der Waals surface area contributed by atoms with E-state index in [0.717, 1.165) is 19.4 Å². The van der Waals surface area contributed by atoms with Crippen molar-refractivity contribution in [1.29, 1.82) is 0 Å². The molecule has 1 N–H and O–H groups in total. The predicted molar refractivity (Wildman–Crippen MR) is 59.8 cm³/mol. The molecule has 0 aliphatic heterocycles. The third-order valence-corrected chi connectivity index (χ3v) is 1.70. The summed E-state index contributed by atoms with van der Waals surface area (Å²) >= 11 is 0. The molecular weight excluding hydrogens is 190 g/mol. The second kappa shape index (κ2) is 6.66. The van der Waals surface area contributed by atoms with Gasteiger partial charge in [-0.05, 0) is 13.3 Å². The van der Waals surface area contributed by atoms with Crippen LogP contribution in [0.4, 0.5) is 5.95 Å². The van der Waals surface area contributed by atoms with Gasteiger partial charge in [0.1, 0.15) is 0 Å². The van der Waals surface area contributed by atoms with Gasteiger partial charge in [0.05, 0.1) is 6.61 Å². The van der Waals surface area contributed by atoms with Crippen LogP contribution in [0, 0.1) is 12.3 Å². The van der Waals surface area contributed by atoms with Gasteiger partial charge in [0.25, 0.3) is 0 Å². The molecule has 0 bridgehead atoms. The molecule has 0 amide bonds. The summed E-state index contributed by atoms with van der Waals surface area (Å²) in [7, 11) is 0. The molecule has 0 spiro atoms. The van der Waals surface area contributed by atoms with E-state index in [1.807, 2.05) is 6.92 Å². The summed E-state index contributed by atoms with van der Waals surface area (Å²) < 4.78 is 5.25. The van der Waals surface area contributed by atoms with Crippen molar-refractivity contribution < 1.29 is 4.74 Å². The Labute approximate surface area is 90.1 Å². The van der Waals surface area contributed by atoms with E-state index >= 15 is 0 Å². The highest BCUT2D eigenvalue weighted by Crippen LogP contribution is 2.07. The Morgan fingerprint density at radius 1 is 1.60 bits per heavy atom. The molecule has 1 aromatic heterocycles. The van der Waals surface area contributed by atoms with Crippen molar-refractivity contribution in [2.45, 2.75) is 19.8 Å². The molecule has 0 aromatic carbocycles. The minimum Gasteiger partial charge on any atom is -0.478 e. The van der Waals surface area contributed by atoms with Gasteiger partial charge < -0.3 is 10.1 Å². The van der Waals surface area contributed by atoms with E-state index in [9.17, 15) is 0 Å². The maximum atomic E-state index is 5.25. The first-order valence-electron chi connectivity index (χ1n) is 5.00. The zero-order valence-corrected chi connectivity index (χ0v) is 8.86. The fourth-order valence-electron chi connectivity index (χ4n) is 1.05. The summed E-state index contributed by atoms with van der Waals surface area (Å²) in [5, 5.41) is 3.08. The molecule has 1 rings (SSSR count). The van der Waals surface area contributed by atoms with E-state index in [-0.39, 0.29) is 0 Å². The number of terminal acetylenes is 1. The molecule has 1 heterocycles. The lowest BCUT2D eigenvalue weighted by Crippen LogP contribution is -2.06. The van der Waals surface area contributed by atoms with E-state index in [0.29, 0.717) is 18.4 Å². The fourth-order valence-corrected chi connectivity index (χ4v) is 1.05. The van der Waals surface area contributed by atoms with Crippen molar-refractivity contribution >= 4 is 5.95 Å². The standard InChI is InChI=1S/C11H15N3O/c1-3-5-6-8-12-11-13-9-7-10(14-11)15-4-2/h1,7,9H,4-6,8H2,2H3,(H,12,13,14). The lowest BCUT2D eigenvalue weighted by Gasteiger charge is -2.05. The van der Waals surface area contributed by atoms with E-state index in [1.165, 1.54) is 0 Å². The van der Waals surface area contributed by atoms with Crippen LogP contribution in [0.5, 0.6) is 5.88 Å². The number of unbranched alkanes of at least 4 members (excludes halogenated alkanes) is 1. The van der Waals surface area contributed by atoms with Crippen molar-refractivity contribution in [3.05, 3.63) is 12.3 Å². The highest BCUT2D eigenvalue weighted by molar-refractivity contribution is 5.27. The smallest absolute Gasteiger partial charge is 0.225 e. The monoisotopic (exact) mass is 205 g/mol. The largest absolute Gasteiger partial charge is 0.478 e. The van der Waals surface area contributed by atoms with E-state index in [4.69, 9.17) is 11.2 Å². The van der Waals surface area contributed by atoms with Crippen LogP contribution < -0.4 is 10.1 Å². The van der Waals surface area contributed by atoms with Gasteiger partial charge in [0.2, 0.25) is 11.8 Å². The number of rotatable bonds is 6. The molecule has 80 valence electrons. The average Bonchev–Trinajstić information content (AvgIpc) is 2.26. The van der Waals surface area contributed by atoms with Crippen LogP contribution >= 0.6 is 0 Å². The van der Waals surface area contributed by atoms with Gasteiger partial charge in [-0.15, -0.1) is 12.3 Å². The van der Waals surface area contributed by atoms with Crippen LogP contribution in [0.25, 0.3) is 0 Å². The topological polar surface area (TPSA) is 47.0 Å². The number of aromatic nitrogens is 2. The first-order chi connectivity index (χ1) is 7.36. The molecule has 1 aromatic rings. The van der Waals surface area contributed by atoms with Gasteiger partial charge in [-0.2, -0.15) is 4.98 Å². The van der Waals surface area contributed by atoms with Crippen molar-refractivity contribution in [2.75, 3.05) is 18.5 Å². The summed E-state index contributed by atoms with van der Waals surface area (Å²) in [5.41, 5.74) is 0. The van der Waals surface area contributed by atoms with E-state index < -0.39 is 0 Å². The van der Waals surface area contributed by atoms with Crippen molar-refractivity contribution in [3.63, 3.8) is 0 Å². The van der Waals surface area contributed by atoms with Gasteiger partial charge in [0.15, 0.2) is 0 Å². The maximum absolute atomic E-state index is 5.25. The first kappa shape index (κ1) is 11.3. The van der Waals surface area contributed by atoms with Crippen molar-refractivity contribution in [1.82, 2.24) is 9.97 Å². The third kappa shape index (κ3) is 4.32. The molecule has 0 radical (unpaired) electrons. The van der Waals surface area contributed by atoms with E-state index in [2.05, 4.69) is 21.2 Å². The summed E-state index contributed by atoms with van der Waals surface area (Å²) in [4.78, 5) is 8.23. The van der Waals surface area contributed by atoms with E-state index in [1.54, 1.807) is 12.3 Å². The molecule has 0 aliphatic rings. The second-order valence-electron chi connectivity index (χ2n) is 2.89. The molecule has 0 saturated carbocycles. The number of anilines is 1. The normalized spacial score (nSPS) is 9.33. The first-order valence-corrected chi connectivity index (χ1v) is 5.00. The lowest BCUT2D eigenvalue weighted by atomic mass is 10.3. The summed E-state index contributed by atoms with van der Waals surface area (Å²) in [6.07, 6.45) is 8.49. The van der Waals surface area contributed by atoms with Crippen LogP contribution in [-0.2, 0) is 0 Å². The minimum absolute atomic E-state index is 0.581. The van der Waals surface area contributed by atoms with Gasteiger partial charge in [-0.3, -0.25) is 0 Å². The van der Waals surface area contributed by atoms with Crippen molar-refractivity contribution in [2.24, 2.45) is 0 Å². The Kier molecular flexibility index (Phi) is 5.02. The number of ether oxygens (including phenoxy) is 1. The molecule has 0 aliphatic carbocycles. The van der Waals surface area contributed by atoms with Crippen LogP contribution in [0.1, 0.15) is 19.8 Å². The molecule has 0 atom stereocenters. The molecule has 4 nitrogen and oxygen atoms in total. The Morgan fingerprint density at radius 2 is 2.47 bits per heavy atom. The number of nitrogens with one attached hydrogen (secondary N) is 1. The summed E-state index contributed by atoms with van der Waals surface area (Å²) in [6, 6.07) is 1.73. The fraction of sp³-hybridized carbons (Fsp3) is 0.455. The maximum Gasteiger partial charge on any atom is 0.225 e. The van der Waals surface area contributed by atoms with Crippen LogP contribution in [0.2, 0.25) is 0 Å². The zero-order valence-electron chi connectivity index (χ0n) is 8.86. The van der Waals surface area contributed by atoms with Crippen LogP contribution in [0.3, 0.4) is 0 Å². The molecule has 0 fully saturated rings. The van der Waals surface area contributed by atoms with Crippen molar-refractivity contribution in [3.8, 4) is 18.2 Å². The summed E-state index contributed by atoms with van der Waals surface area (Å²) in [6.45, 7) is 3.30. The lowest BCUT2D eigenvalue weighted by molar-refractivity contribution is 0.326. The third-order valence-electron chi connectivity index (χ3n) is 1.70. The Bertz CT molecular complexity index is 333. The molecule has 4 heteroatoms. The summed E-state index contributed by atoms with van der Waals surface area (Å²) in [5.74, 6) is 3.75. The Balaban J connectivity index is 2.40. The molecule has 15 heavy (non-hydrogen) atoms. The highest BCUT2D eigenvalue weighted by Gasteiger charge is 1.97. The second-order valence-corrected chi connectivity index (χ2v) is 2.89. The average molecular weight is 205 g/mol. The molecule has 0 unspecified atom stereocenters. The zero-order chi connectivity index (χ0) is 10.9. The van der Waals surface area contributed by atoms with Gasteiger partial charge in [-0.25, -0.2) is 4.98 Å². The van der Waals surface area contributed by atoms with Gasteiger partial charge in [-0.1, -0.05) is 0 Å². The van der Waals surface area contributed by atoms with Crippen LogP contribution in [-0.4, -0.2) is 23.1 Å². The highest BCUT2D eigenvalue weighted by atomic mass is 16.5. The van der Waals surface area contributed by atoms with Crippen LogP contribution in [0.15, 0.2) is 12.3 Å². The SMILES string of the molecule is C#CCCCNc1nccc(OCC)n1. The van der Waals surface area contributed by atoms with Gasteiger partial charge in [0, 0.05) is 25.2 Å². The minimum atomic E-state index is 0.581. The quantitative estimate of drug-likeness (QED) is 0.567. The van der Waals surface area contributed by atoms with Gasteiger partial charge >= 0.3 is 0 Å². The Hall–Kier alpha value is -1.76. The number of hydrogen-bond acceptors (Lipinski definition) is 4. The molecular formula is C11H15N3O. The number of nitrogens with zero attached hydrogens (tertiary/aromatic N) is 2. The Morgan fingerprint density at radius 3 is 3.20 bits per heavy atom. The predicted octanol–water partition coefficient (Wildman–Crippen LogP) is 1.70. The molecule has 0 saturated heterocycles.